The highest BCUT2D eigenvalue weighted by Gasteiger charge is 2.31. The Morgan fingerprint density at radius 2 is 1.76 bits per heavy atom. The maximum absolute atomic E-state index is 12.4. The van der Waals surface area contributed by atoms with Gasteiger partial charge in [-0.25, -0.2) is 26.4 Å². The van der Waals surface area contributed by atoms with Gasteiger partial charge in [0.05, 0.1) is 22.0 Å². The molecule has 29 heavy (non-hydrogen) atoms. The summed E-state index contributed by atoms with van der Waals surface area (Å²) >= 11 is 0. The molecule has 0 aromatic heterocycles. The number of nitrogens with one attached hydrogen (secondary N) is 1. The summed E-state index contributed by atoms with van der Waals surface area (Å²) in [6.07, 6.45) is 3.20. The molecule has 160 valence electrons. The van der Waals surface area contributed by atoms with Crippen molar-refractivity contribution in [3.63, 3.8) is 0 Å². The fourth-order valence-electron chi connectivity index (χ4n) is 3.39. The van der Waals surface area contributed by atoms with Gasteiger partial charge in [-0.2, -0.15) is 0 Å². The summed E-state index contributed by atoms with van der Waals surface area (Å²) in [4.78, 5) is 25.8. The Labute approximate surface area is 170 Å². The summed E-state index contributed by atoms with van der Waals surface area (Å²) in [5.74, 6) is -1.22. The van der Waals surface area contributed by atoms with E-state index < -0.39 is 31.9 Å². The number of benzene rings is 1. The highest BCUT2D eigenvalue weighted by atomic mass is 32.2. The number of hydrogen-bond acceptors (Lipinski definition) is 7. The number of sulfone groups is 1. The minimum absolute atomic E-state index is 0.0406. The van der Waals surface area contributed by atoms with Crippen molar-refractivity contribution in [2.45, 2.75) is 36.6 Å². The van der Waals surface area contributed by atoms with Crippen LogP contribution in [0.4, 0.5) is 0 Å². The highest BCUT2D eigenvalue weighted by Crippen LogP contribution is 2.17. The van der Waals surface area contributed by atoms with Gasteiger partial charge < -0.3 is 9.64 Å². The van der Waals surface area contributed by atoms with Gasteiger partial charge in [0, 0.05) is 19.1 Å². The van der Waals surface area contributed by atoms with Crippen LogP contribution < -0.4 is 4.72 Å². The molecule has 1 aromatic rings. The lowest BCUT2D eigenvalue weighted by Crippen LogP contribution is -2.38. The first-order valence-corrected chi connectivity index (χ1v) is 12.7. The fraction of sp³-hybridized carbons (Fsp3) is 0.556. The van der Waals surface area contributed by atoms with E-state index in [1.807, 2.05) is 0 Å². The van der Waals surface area contributed by atoms with E-state index in [1.54, 1.807) is 4.90 Å². The Hall–Kier alpha value is -1.98. The number of nitrogens with zero attached hydrogens (tertiary/aromatic N) is 1. The van der Waals surface area contributed by atoms with Crippen molar-refractivity contribution in [1.29, 1.82) is 0 Å². The summed E-state index contributed by atoms with van der Waals surface area (Å²) in [5, 5.41) is 0. The second kappa shape index (κ2) is 8.80. The van der Waals surface area contributed by atoms with E-state index in [-0.39, 0.29) is 40.9 Å². The smallest absolute Gasteiger partial charge is 0.338 e. The Kier molecular flexibility index (Phi) is 6.59. The van der Waals surface area contributed by atoms with Gasteiger partial charge in [-0.3, -0.25) is 4.79 Å². The quantitative estimate of drug-likeness (QED) is 0.626. The monoisotopic (exact) mass is 444 g/mol. The Morgan fingerprint density at radius 3 is 2.34 bits per heavy atom. The lowest BCUT2D eigenvalue weighted by atomic mass is 10.1. The molecule has 11 heteroatoms. The normalized spacial score (nSPS) is 21.7. The van der Waals surface area contributed by atoms with Gasteiger partial charge in [0.15, 0.2) is 16.4 Å². The van der Waals surface area contributed by atoms with Crippen LogP contribution in [0.5, 0.6) is 0 Å². The van der Waals surface area contributed by atoms with Crippen LogP contribution in [0.3, 0.4) is 0 Å². The van der Waals surface area contributed by atoms with Crippen LogP contribution in [0.1, 0.15) is 36.0 Å². The van der Waals surface area contributed by atoms with E-state index in [0.29, 0.717) is 13.1 Å². The highest BCUT2D eigenvalue weighted by molar-refractivity contribution is 7.92. The maximum Gasteiger partial charge on any atom is 0.338 e. The number of ether oxygens (including phenoxy) is 1. The number of piperidine rings is 1. The summed E-state index contributed by atoms with van der Waals surface area (Å²) in [7, 11) is -7.11. The zero-order valence-electron chi connectivity index (χ0n) is 15.9. The first-order chi connectivity index (χ1) is 13.7. The molecule has 0 radical (unpaired) electrons. The molecule has 1 amide bonds. The minimum atomic E-state index is -3.90. The van der Waals surface area contributed by atoms with Gasteiger partial charge in [0.2, 0.25) is 10.0 Å². The second-order valence-electron chi connectivity index (χ2n) is 7.26. The average molecular weight is 445 g/mol. The second-order valence-corrected chi connectivity index (χ2v) is 11.2. The van der Waals surface area contributed by atoms with Crippen LogP contribution in [-0.4, -0.2) is 70.9 Å². The van der Waals surface area contributed by atoms with Crippen molar-refractivity contribution in [2.24, 2.45) is 0 Å². The minimum Gasteiger partial charge on any atom is -0.452 e. The van der Waals surface area contributed by atoms with Crippen molar-refractivity contribution in [3.05, 3.63) is 29.8 Å². The number of carbonyl (C=O) groups excluding carboxylic acids is 2. The van der Waals surface area contributed by atoms with Crippen LogP contribution in [0.25, 0.3) is 0 Å². The zero-order chi connectivity index (χ0) is 21.1. The van der Waals surface area contributed by atoms with Gasteiger partial charge in [-0.1, -0.05) is 0 Å². The van der Waals surface area contributed by atoms with Crippen LogP contribution in [-0.2, 0) is 29.4 Å². The molecule has 0 bridgehead atoms. The summed E-state index contributed by atoms with van der Waals surface area (Å²) in [5.41, 5.74) is 0.124. The molecular weight excluding hydrogens is 420 g/mol. The molecule has 1 aromatic carbocycles. The van der Waals surface area contributed by atoms with Gasteiger partial charge in [-0.05, 0) is 49.9 Å². The van der Waals surface area contributed by atoms with Crippen molar-refractivity contribution in [1.82, 2.24) is 9.62 Å². The van der Waals surface area contributed by atoms with Crippen LogP contribution in [0, 0.1) is 0 Å². The van der Waals surface area contributed by atoms with Gasteiger partial charge >= 0.3 is 5.97 Å². The molecule has 2 aliphatic heterocycles. The van der Waals surface area contributed by atoms with E-state index in [0.717, 1.165) is 19.3 Å². The first-order valence-electron chi connectivity index (χ1n) is 9.44. The Morgan fingerprint density at radius 1 is 1.10 bits per heavy atom. The average Bonchev–Trinajstić information content (AvgIpc) is 3.04. The molecule has 0 saturated carbocycles. The summed E-state index contributed by atoms with van der Waals surface area (Å²) in [6.45, 7) is 0.979. The maximum atomic E-state index is 12.4. The van der Waals surface area contributed by atoms with E-state index in [2.05, 4.69) is 4.72 Å². The standard InChI is InChI=1S/C18H24N2O7S2/c21-17(20-9-2-1-3-10-20)12-27-18(22)14-4-6-16(7-5-14)29(25,26)19-15-8-11-28(23,24)13-15/h4-7,15,19H,1-3,8-13H2. The SMILES string of the molecule is O=C(OCC(=O)N1CCCCC1)c1ccc(S(=O)(=O)NC2CCS(=O)(=O)C2)cc1. The third kappa shape index (κ3) is 5.77. The molecule has 2 fully saturated rings. The third-order valence-electron chi connectivity index (χ3n) is 4.99. The predicted octanol–water partition coefficient (Wildman–Crippen LogP) is 0.321. The number of likely N-dealkylation sites (tertiary alicyclic amines) is 1. The van der Waals surface area contributed by atoms with Crippen molar-refractivity contribution in [3.8, 4) is 0 Å². The van der Waals surface area contributed by atoms with Crippen LogP contribution in [0.2, 0.25) is 0 Å². The number of esters is 1. The number of sulfonamides is 1. The zero-order valence-corrected chi connectivity index (χ0v) is 17.5. The largest absolute Gasteiger partial charge is 0.452 e. The van der Waals surface area contributed by atoms with Gasteiger partial charge in [0.25, 0.3) is 5.91 Å². The number of rotatable bonds is 6. The molecular formula is C18H24N2O7S2. The third-order valence-corrected chi connectivity index (χ3v) is 8.29. The van der Waals surface area contributed by atoms with Gasteiger partial charge in [-0.15, -0.1) is 0 Å². The van der Waals surface area contributed by atoms with Crippen molar-refractivity contribution >= 4 is 31.7 Å². The van der Waals surface area contributed by atoms with Gasteiger partial charge in [0.1, 0.15) is 0 Å². The predicted molar refractivity (Wildman–Crippen MR) is 105 cm³/mol. The molecule has 1 N–H and O–H groups in total. The lowest BCUT2D eigenvalue weighted by Gasteiger charge is -2.26. The Balaban J connectivity index is 1.56. The van der Waals surface area contributed by atoms with Crippen LogP contribution >= 0.6 is 0 Å². The molecule has 2 aliphatic rings. The Bertz CT molecular complexity index is 966. The molecule has 0 aliphatic carbocycles. The van der Waals surface area contributed by atoms with E-state index in [4.69, 9.17) is 4.74 Å². The fourth-order valence-corrected chi connectivity index (χ4v) is 6.44. The number of hydrogen-bond donors (Lipinski definition) is 1. The molecule has 2 saturated heterocycles. The van der Waals surface area contributed by atoms with E-state index >= 15 is 0 Å². The molecule has 0 spiro atoms. The van der Waals surface area contributed by atoms with Crippen LogP contribution in [0.15, 0.2) is 29.2 Å². The number of carbonyl (C=O) groups is 2. The summed E-state index contributed by atoms with van der Waals surface area (Å²) < 4.78 is 55.2. The molecule has 1 unspecified atom stereocenters. The van der Waals surface area contributed by atoms with E-state index in [1.165, 1.54) is 24.3 Å². The molecule has 3 rings (SSSR count). The molecule has 2 heterocycles. The lowest BCUT2D eigenvalue weighted by molar-refractivity contribution is -0.135. The molecule has 1 atom stereocenters. The number of amides is 1. The van der Waals surface area contributed by atoms with E-state index in [9.17, 15) is 26.4 Å². The summed E-state index contributed by atoms with van der Waals surface area (Å²) in [6, 6.07) is 4.43. The first kappa shape index (κ1) is 21.7. The topological polar surface area (TPSA) is 127 Å². The van der Waals surface area contributed by atoms with Crippen molar-refractivity contribution < 1.29 is 31.2 Å². The molecule has 9 nitrogen and oxygen atoms in total. The van der Waals surface area contributed by atoms with Crippen molar-refractivity contribution in [2.75, 3.05) is 31.2 Å².